The predicted molar refractivity (Wildman–Crippen MR) is 59.9 cm³/mol. The van der Waals surface area contributed by atoms with Crippen molar-refractivity contribution in [3.8, 4) is 0 Å². The molecule has 15 heavy (non-hydrogen) atoms. The lowest BCUT2D eigenvalue weighted by Crippen LogP contribution is -2.31. The summed E-state index contributed by atoms with van der Waals surface area (Å²) in [5.74, 6) is 4.84. The number of hydrazine groups is 1. The van der Waals surface area contributed by atoms with Gasteiger partial charge in [-0.05, 0) is 25.2 Å². The van der Waals surface area contributed by atoms with Crippen molar-refractivity contribution in [2.24, 2.45) is 5.84 Å². The summed E-state index contributed by atoms with van der Waals surface area (Å²) in [7, 11) is 4.05. The molecule has 0 aromatic heterocycles. The van der Waals surface area contributed by atoms with Gasteiger partial charge in [-0.15, -0.1) is 0 Å². The van der Waals surface area contributed by atoms with Crippen LogP contribution in [-0.2, 0) is 17.8 Å². The van der Waals surface area contributed by atoms with Gasteiger partial charge in [0, 0.05) is 6.54 Å². The SMILES string of the molecule is CN(C)Cc1ccc(CC(=O)NN)cc1. The Balaban J connectivity index is 2.60. The molecule has 1 rings (SSSR count). The second-order valence-corrected chi connectivity index (χ2v) is 3.80. The normalized spacial score (nSPS) is 10.4. The van der Waals surface area contributed by atoms with Crippen molar-refractivity contribution >= 4 is 5.91 Å². The molecule has 0 aliphatic carbocycles. The lowest BCUT2D eigenvalue weighted by molar-refractivity contribution is -0.120. The third-order valence-corrected chi connectivity index (χ3v) is 2.05. The molecule has 0 spiro atoms. The summed E-state index contributed by atoms with van der Waals surface area (Å²) in [5, 5.41) is 0. The van der Waals surface area contributed by atoms with Gasteiger partial charge < -0.3 is 4.90 Å². The average Bonchev–Trinajstić information content (AvgIpc) is 2.20. The van der Waals surface area contributed by atoms with Crippen LogP contribution in [0.5, 0.6) is 0 Å². The van der Waals surface area contributed by atoms with Gasteiger partial charge in [0.05, 0.1) is 6.42 Å². The van der Waals surface area contributed by atoms with Crippen molar-refractivity contribution in [1.29, 1.82) is 0 Å². The molecule has 0 aliphatic rings. The zero-order valence-electron chi connectivity index (χ0n) is 9.16. The molecule has 4 heteroatoms. The molecule has 4 nitrogen and oxygen atoms in total. The van der Waals surface area contributed by atoms with E-state index in [9.17, 15) is 4.79 Å². The zero-order chi connectivity index (χ0) is 11.3. The maximum Gasteiger partial charge on any atom is 0.238 e. The van der Waals surface area contributed by atoms with Gasteiger partial charge in [0.1, 0.15) is 0 Å². The van der Waals surface area contributed by atoms with E-state index in [1.165, 1.54) is 5.56 Å². The number of nitrogens with two attached hydrogens (primary N) is 1. The van der Waals surface area contributed by atoms with Gasteiger partial charge in [-0.25, -0.2) is 5.84 Å². The Bertz CT molecular complexity index is 319. The van der Waals surface area contributed by atoms with Crippen LogP contribution in [0.1, 0.15) is 11.1 Å². The van der Waals surface area contributed by atoms with Gasteiger partial charge >= 0.3 is 0 Å². The molecule has 0 unspecified atom stereocenters. The fourth-order valence-electron chi connectivity index (χ4n) is 1.36. The summed E-state index contributed by atoms with van der Waals surface area (Å²) >= 11 is 0. The van der Waals surface area contributed by atoms with Crippen molar-refractivity contribution < 1.29 is 4.79 Å². The first kappa shape index (κ1) is 11.7. The fraction of sp³-hybridized carbons (Fsp3) is 0.364. The van der Waals surface area contributed by atoms with E-state index >= 15 is 0 Å². The van der Waals surface area contributed by atoms with E-state index in [-0.39, 0.29) is 5.91 Å². The topological polar surface area (TPSA) is 58.4 Å². The first-order valence-electron chi connectivity index (χ1n) is 4.84. The Kier molecular flexibility index (Phi) is 4.27. The Hall–Kier alpha value is -1.39. The lowest BCUT2D eigenvalue weighted by Gasteiger charge is -2.09. The Labute approximate surface area is 90.0 Å². The number of amides is 1. The highest BCUT2D eigenvalue weighted by Gasteiger charge is 2.01. The van der Waals surface area contributed by atoms with Crippen molar-refractivity contribution in [2.75, 3.05) is 14.1 Å². The van der Waals surface area contributed by atoms with Crippen molar-refractivity contribution in [2.45, 2.75) is 13.0 Å². The highest BCUT2D eigenvalue weighted by Crippen LogP contribution is 2.06. The standard InChI is InChI=1S/C11H17N3O/c1-14(2)8-10-5-3-9(4-6-10)7-11(15)13-12/h3-6H,7-8,12H2,1-2H3,(H,13,15). The molecule has 0 aliphatic heterocycles. The zero-order valence-corrected chi connectivity index (χ0v) is 9.16. The second-order valence-electron chi connectivity index (χ2n) is 3.80. The summed E-state index contributed by atoms with van der Waals surface area (Å²) in [4.78, 5) is 13.1. The largest absolute Gasteiger partial charge is 0.305 e. The van der Waals surface area contributed by atoms with E-state index in [1.807, 2.05) is 38.4 Å². The summed E-state index contributed by atoms with van der Waals surface area (Å²) in [5.41, 5.74) is 4.32. The summed E-state index contributed by atoms with van der Waals surface area (Å²) in [6.07, 6.45) is 0.332. The number of rotatable bonds is 4. The minimum atomic E-state index is -0.171. The molecule has 3 N–H and O–H groups in total. The maximum atomic E-state index is 11.0. The quantitative estimate of drug-likeness (QED) is 0.423. The van der Waals surface area contributed by atoms with Crippen molar-refractivity contribution in [3.63, 3.8) is 0 Å². The smallest absolute Gasteiger partial charge is 0.238 e. The number of hydrogen-bond donors (Lipinski definition) is 2. The Morgan fingerprint density at radius 1 is 1.27 bits per heavy atom. The van der Waals surface area contributed by atoms with Gasteiger partial charge in [-0.2, -0.15) is 0 Å². The van der Waals surface area contributed by atoms with E-state index in [4.69, 9.17) is 5.84 Å². The van der Waals surface area contributed by atoms with Gasteiger partial charge in [-0.3, -0.25) is 10.2 Å². The second kappa shape index (κ2) is 5.48. The van der Waals surface area contributed by atoms with Crippen LogP contribution in [0.2, 0.25) is 0 Å². The predicted octanol–water partition coefficient (Wildman–Crippen LogP) is 0.281. The van der Waals surface area contributed by atoms with E-state index in [2.05, 4.69) is 10.3 Å². The molecule has 1 amide bonds. The number of nitrogens with zero attached hydrogens (tertiary/aromatic N) is 1. The first-order chi connectivity index (χ1) is 7.11. The molecule has 0 bridgehead atoms. The maximum absolute atomic E-state index is 11.0. The van der Waals surface area contributed by atoms with Gasteiger partial charge in [0.15, 0.2) is 0 Å². The number of carbonyl (C=O) groups excluding carboxylic acids is 1. The highest BCUT2D eigenvalue weighted by atomic mass is 16.2. The molecule has 0 atom stereocenters. The monoisotopic (exact) mass is 207 g/mol. The molecule has 82 valence electrons. The van der Waals surface area contributed by atoms with Crippen LogP contribution in [0.4, 0.5) is 0 Å². The van der Waals surface area contributed by atoms with E-state index in [0.717, 1.165) is 12.1 Å². The van der Waals surface area contributed by atoms with Gasteiger partial charge in [0.2, 0.25) is 5.91 Å². The Morgan fingerprint density at radius 3 is 2.27 bits per heavy atom. The van der Waals surface area contributed by atoms with E-state index < -0.39 is 0 Å². The van der Waals surface area contributed by atoms with E-state index in [1.54, 1.807) is 0 Å². The molecule has 0 radical (unpaired) electrons. The molecule has 1 aromatic carbocycles. The third kappa shape index (κ3) is 4.10. The molecule has 1 aromatic rings. The number of nitrogens with one attached hydrogen (secondary N) is 1. The average molecular weight is 207 g/mol. The van der Waals surface area contributed by atoms with Crippen LogP contribution >= 0.6 is 0 Å². The number of carbonyl (C=O) groups is 1. The highest BCUT2D eigenvalue weighted by molar-refractivity contribution is 5.77. The van der Waals surface area contributed by atoms with Crippen LogP contribution in [-0.4, -0.2) is 24.9 Å². The van der Waals surface area contributed by atoms with Crippen LogP contribution in [0.25, 0.3) is 0 Å². The molecule has 0 heterocycles. The first-order valence-corrected chi connectivity index (χ1v) is 4.84. The van der Waals surface area contributed by atoms with Gasteiger partial charge in [0.25, 0.3) is 0 Å². The van der Waals surface area contributed by atoms with Crippen LogP contribution in [0.3, 0.4) is 0 Å². The molecule has 0 saturated heterocycles. The molecular formula is C11H17N3O. The molecule has 0 saturated carbocycles. The molecular weight excluding hydrogens is 190 g/mol. The van der Waals surface area contributed by atoms with E-state index in [0.29, 0.717) is 6.42 Å². The number of hydrogen-bond acceptors (Lipinski definition) is 3. The van der Waals surface area contributed by atoms with Crippen LogP contribution < -0.4 is 11.3 Å². The molecule has 0 fully saturated rings. The van der Waals surface area contributed by atoms with Crippen molar-refractivity contribution in [1.82, 2.24) is 10.3 Å². The summed E-state index contributed by atoms with van der Waals surface area (Å²) < 4.78 is 0. The van der Waals surface area contributed by atoms with Crippen LogP contribution in [0, 0.1) is 0 Å². The third-order valence-electron chi connectivity index (χ3n) is 2.05. The summed E-state index contributed by atoms with van der Waals surface area (Å²) in [6, 6.07) is 7.96. The van der Waals surface area contributed by atoms with Crippen LogP contribution in [0.15, 0.2) is 24.3 Å². The minimum absolute atomic E-state index is 0.171. The summed E-state index contributed by atoms with van der Waals surface area (Å²) in [6.45, 7) is 0.906. The van der Waals surface area contributed by atoms with Crippen molar-refractivity contribution in [3.05, 3.63) is 35.4 Å². The van der Waals surface area contributed by atoms with Gasteiger partial charge in [-0.1, -0.05) is 24.3 Å². The minimum Gasteiger partial charge on any atom is -0.305 e. The fourth-order valence-corrected chi connectivity index (χ4v) is 1.36. The lowest BCUT2D eigenvalue weighted by atomic mass is 10.1. The Morgan fingerprint density at radius 2 is 1.80 bits per heavy atom. The number of benzene rings is 1.